The molecule has 2 aliphatic rings. The van der Waals surface area contributed by atoms with Gasteiger partial charge in [-0.15, -0.1) is 0 Å². The molecule has 1 saturated carbocycles. The minimum absolute atomic E-state index is 0.117. The molecule has 0 spiro atoms. The second-order valence-electron chi connectivity index (χ2n) is 6.54. The van der Waals surface area contributed by atoms with Crippen molar-refractivity contribution in [3.63, 3.8) is 0 Å². The van der Waals surface area contributed by atoms with Crippen LogP contribution in [0.4, 0.5) is 10.1 Å². The van der Waals surface area contributed by atoms with E-state index in [0.717, 1.165) is 40.5 Å². The lowest BCUT2D eigenvalue weighted by Gasteiger charge is -2.21. The van der Waals surface area contributed by atoms with Gasteiger partial charge in [0.25, 0.3) is 0 Å². The van der Waals surface area contributed by atoms with Crippen molar-refractivity contribution in [1.82, 2.24) is 5.32 Å². The molecule has 1 aliphatic heterocycles. The van der Waals surface area contributed by atoms with Crippen LogP contribution in [0.5, 0.6) is 0 Å². The van der Waals surface area contributed by atoms with E-state index in [2.05, 4.69) is 26.6 Å². The number of rotatable bonds is 3. The number of amides is 1. The van der Waals surface area contributed by atoms with Gasteiger partial charge < -0.3 is 10.6 Å². The summed E-state index contributed by atoms with van der Waals surface area (Å²) < 4.78 is 15.7. The smallest absolute Gasteiger partial charge is 0.235 e. The van der Waals surface area contributed by atoms with Gasteiger partial charge in [-0.1, -0.05) is 34.1 Å². The van der Waals surface area contributed by atoms with Crippen LogP contribution < -0.4 is 10.6 Å². The number of hydrogen-bond donors (Lipinski definition) is 2. The molecule has 24 heavy (non-hydrogen) atoms. The van der Waals surface area contributed by atoms with Crippen LogP contribution in [0.15, 0.2) is 40.9 Å². The van der Waals surface area contributed by atoms with Crippen molar-refractivity contribution in [3.05, 3.63) is 63.4 Å². The zero-order valence-electron chi connectivity index (χ0n) is 13.2. The molecule has 0 saturated heterocycles. The van der Waals surface area contributed by atoms with Crippen LogP contribution in [-0.2, 0) is 23.2 Å². The highest BCUT2D eigenvalue weighted by molar-refractivity contribution is 9.10. The van der Waals surface area contributed by atoms with E-state index in [1.165, 1.54) is 0 Å². The van der Waals surface area contributed by atoms with Crippen molar-refractivity contribution in [3.8, 4) is 0 Å². The molecular formula is C19H18BrFN2O. The lowest BCUT2D eigenvalue weighted by molar-refractivity contribution is -0.118. The number of halogens is 2. The van der Waals surface area contributed by atoms with E-state index in [1.807, 2.05) is 30.3 Å². The largest absolute Gasteiger partial charge is 0.323 e. The minimum atomic E-state index is -0.520. The summed E-state index contributed by atoms with van der Waals surface area (Å²) in [5, 5.41) is 6.06. The molecule has 2 aromatic rings. The molecule has 5 heteroatoms. The number of fused-ring (bicyclic) bond motifs is 1. The van der Waals surface area contributed by atoms with Crippen molar-refractivity contribution in [2.24, 2.45) is 0 Å². The molecule has 1 heterocycles. The third kappa shape index (κ3) is 2.66. The first kappa shape index (κ1) is 15.8. The van der Waals surface area contributed by atoms with Gasteiger partial charge in [-0.25, -0.2) is 4.39 Å². The molecule has 2 N–H and O–H groups in total. The quantitative estimate of drug-likeness (QED) is 0.836. The Bertz CT molecular complexity index is 817. The average molecular weight is 389 g/mol. The number of anilines is 1. The first-order chi connectivity index (χ1) is 11.6. The fraction of sp³-hybridized carbons (Fsp3) is 0.316. The van der Waals surface area contributed by atoms with Gasteiger partial charge >= 0.3 is 0 Å². The van der Waals surface area contributed by atoms with Crippen molar-refractivity contribution >= 4 is 27.5 Å². The molecule has 0 aromatic heterocycles. The Balaban J connectivity index is 1.61. The second kappa shape index (κ2) is 5.97. The third-order valence-corrected chi connectivity index (χ3v) is 5.51. The van der Waals surface area contributed by atoms with Crippen molar-refractivity contribution in [1.29, 1.82) is 0 Å². The maximum atomic E-state index is 14.7. The van der Waals surface area contributed by atoms with E-state index in [1.54, 1.807) is 6.07 Å². The molecule has 2 aromatic carbocycles. The normalized spacial score (nSPS) is 17.9. The summed E-state index contributed by atoms with van der Waals surface area (Å²) in [4.78, 5) is 12.8. The maximum Gasteiger partial charge on any atom is 0.235 e. The average Bonchev–Trinajstić information content (AvgIpc) is 3.40. The number of carbonyl (C=O) groups is 1. The van der Waals surface area contributed by atoms with Gasteiger partial charge in [-0.05, 0) is 60.7 Å². The predicted molar refractivity (Wildman–Crippen MR) is 95.5 cm³/mol. The van der Waals surface area contributed by atoms with Crippen LogP contribution in [0, 0.1) is 5.82 Å². The Hall–Kier alpha value is -1.72. The molecule has 0 unspecified atom stereocenters. The second-order valence-corrected chi connectivity index (χ2v) is 7.45. The van der Waals surface area contributed by atoms with Crippen LogP contribution in [0.3, 0.4) is 0 Å². The highest BCUT2D eigenvalue weighted by atomic mass is 79.9. The van der Waals surface area contributed by atoms with E-state index in [-0.39, 0.29) is 11.7 Å². The first-order valence-corrected chi connectivity index (χ1v) is 8.98. The number of hydrogen-bond acceptors (Lipinski definition) is 2. The fourth-order valence-corrected chi connectivity index (χ4v) is 3.83. The number of benzene rings is 2. The predicted octanol–water partition coefficient (Wildman–Crippen LogP) is 3.90. The molecule has 1 aliphatic carbocycles. The van der Waals surface area contributed by atoms with Gasteiger partial charge in [-0.3, -0.25) is 4.79 Å². The molecule has 0 radical (unpaired) electrons. The third-order valence-electron chi connectivity index (χ3n) is 5.02. The van der Waals surface area contributed by atoms with Crippen molar-refractivity contribution in [2.45, 2.75) is 31.2 Å². The Morgan fingerprint density at radius 2 is 2.08 bits per heavy atom. The van der Waals surface area contributed by atoms with Crippen LogP contribution >= 0.6 is 15.9 Å². The fourth-order valence-electron chi connectivity index (χ4n) is 3.43. The molecule has 3 nitrogen and oxygen atoms in total. The Kier molecular flexibility index (Phi) is 3.93. The topological polar surface area (TPSA) is 41.1 Å². The minimum Gasteiger partial charge on any atom is -0.323 e. The molecule has 0 atom stereocenters. The Labute approximate surface area is 148 Å². The number of carbonyl (C=O) groups excluding carboxylic acids is 1. The van der Waals surface area contributed by atoms with E-state index in [9.17, 15) is 9.18 Å². The van der Waals surface area contributed by atoms with Crippen LogP contribution in [0.2, 0.25) is 0 Å². The number of nitrogens with one attached hydrogen (secondary N) is 2. The summed E-state index contributed by atoms with van der Waals surface area (Å²) in [6, 6.07) is 11.4. The Morgan fingerprint density at radius 1 is 1.25 bits per heavy atom. The molecule has 0 bridgehead atoms. The van der Waals surface area contributed by atoms with Gasteiger partial charge in [0.05, 0.1) is 11.1 Å². The zero-order chi connectivity index (χ0) is 16.7. The highest BCUT2D eigenvalue weighted by Crippen LogP contribution is 2.49. The lowest BCUT2D eigenvalue weighted by Crippen LogP contribution is -2.29. The van der Waals surface area contributed by atoms with Gasteiger partial charge in [-0.2, -0.15) is 0 Å². The summed E-state index contributed by atoms with van der Waals surface area (Å²) >= 11 is 3.45. The SMILES string of the molecule is O=C(Nc1ccc2c(c1F)CCNC2)C1(c2cccc(Br)c2)CC1. The van der Waals surface area contributed by atoms with Crippen molar-refractivity contribution < 1.29 is 9.18 Å². The Morgan fingerprint density at radius 3 is 2.83 bits per heavy atom. The zero-order valence-corrected chi connectivity index (χ0v) is 14.7. The van der Waals surface area contributed by atoms with Crippen molar-refractivity contribution in [2.75, 3.05) is 11.9 Å². The van der Waals surface area contributed by atoms with Gasteiger partial charge in [0.1, 0.15) is 5.82 Å². The lowest BCUT2D eigenvalue weighted by atomic mass is 9.94. The van der Waals surface area contributed by atoms with Crippen LogP contribution in [0.25, 0.3) is 0 Å². The van der Waals surface area contributed by atoms with E-state index in [4.69, 9.17) is 0 Å². The summed E-state index contributed by atoms with van der Waals surface area (Å²) in [7, 11) is 0. The van der Waals surface area contributed by atoms with Gasteiger partial charge in [0.2, 0.25) is 5.91 Å². The molecule has 1 fully saturated rings. The summed E-state index contributed by atoms with van der Waals surface area (Å²) in [6.45, 7) is 1.45. The van der Waals surface area contributed by atoms with E-state index < -0.39 is 5.41 Å². The molecule has 4 rings (SSSR count). The monoisotopic (exact) mass is 388 g/mol. The maximum absolute atomic E-state index is 14.7. The molecule has 124 valence electrons. The van der Waals surface area contributed by atoms with E-state index in [0.29, 0.717) is 18.7 Å². The highest BCUT2D eigenvalue weighted by Gasteiger charge is 2.51. The van der Waals surface area contributed by atoms with Crippen LogP contribution in [0.1, 0.15) is 29.5 Å². The first-order valence-electron chi connectivity index (χ1n) is 8.19. The summed E-state index contributed by atoms with van der Waals surface area (Å²) in [5.74, 6) is -0.402. The van der Waals surface area contributed by atoms with Gasteiger partial charge in [0.15, 0.2) is 0 Å². The molecule has 1 amide bonds. The summed E-state index contributed by atoms with van der Waals surface area (Å²) in [6.07, 6.45) is 2.25. The van der Waals surface area contributed by atoms with Gasteiger partial charge in [0, 0.05) is 11.0 Å². The van der Waals surface area contributed by atoms with E-state index >= 15 is 0 Å². The molecular weight excluding hydrogens is 371 g/mol. The van der Waals surface area contributed by atoms with Crippen LogP contribution in [-0.4, -0.2) is 12.5 Å². The summed E-state index contributed by atoms with van der Waals surface area (Å²) in [5.41, 5.74) is 2.45. The standard InChI is InChI=1S/C19H18BrFN2O/c20-14-3-1-2-13(10-14)19(7-8-19)18(24)23-16-5-4-12-11-22-9-6-15(12)17(16)21/h1-5,10,22H,6-9,11H2,(H,23,24).